The van der Waals surface area contributed by atoms with Gasteiger partial charge < -0.3 is 59.1 Å². The highest BCUT2D eigenvalue weighted by atomic mass is 16.5. The van der Waals surface area contributed by atoms with E-state index in [1.165, 1.54) is 33.4 Å². The number of likely N-dealkylation sites (N-methyl/N-ethyl adjacent to an activating group) is 3. The van der Waals surface area contributed by atoms with E-state index in [0.717, 1.165) is 99.6 Å². The Morgan fingerprint density at radius 2 is 1.21 bits per heavy atom. The number of methoxy groups -OCH3 is 3. The number of aliphatic hydroxyl groups is 2. The maximum atomic E-state index is 12.7. The predicted octanol–water partition coefficient (Wildman–Crippen LogP) is 6.06. The van der Waals surface area contributed by atoms with Gasteiger partial charge in [-0.25, -0.2) is 0 Å². The summed E-state index contributed by atoms with van der Waals surface area (Å²) < 4.78 is 35.2. The van der Waals surface area contributed by atoms with Gasteiger partial charge in [0.25, 0.3) is 0 Å². The standard InChI is InChI=1S/C18H21NO4.2C18H21NO3.C9H13N/c1-19-8-7-17-14-10-3-4-12(22-2)15(14)23-16(17)11(20)5-6-18(17,21)13(19)9-10;2*1-19-8-7-18-11-4-5-13(20)17(18)22-16-14(21-2)6-3-10(15(16)18)9-12(11)19;1-8(10)7-9-5-3-2-4-6-9/h3-4,13,16,21H,5-9H2,1-2H3;3,6,11-12,17H,4-5,7-9H2,1-2H3;3-6,11-13,17,20H,7-9H2,1-2H3;2-6,8H,7,10H2,1H3/t13-,16+,17+,18-;11-,12+,17-,18-;11-,12+,13-,17-,18-;/m100./s1. The van der Waals surface area contributed by atoms with Crippen LogP contribution in [0, 0.1) is 11.8 Å². The highest BCUT2D eigenvalue weighted by molar-refractivity contribution is 5.90. The maximum absolute atomic E-state index is 12.7. The van der Waals surface area contributed by atoms with E-state index in [-0.39, 0.29) is 46.7 Å². The third-order valence-electron chi connectivity index (χ3n) is 21.1. The number of Topliss-reactive ketones (excluding diaryl/α,β-unsaturated/α-hetero) is 2. The van der Waals surface area contributed by atoms with Crippen molar-refractivity contribution in [1.29, 1.82) is 0 Å². The zero-order valence-corrected chi connectivity index (χ0v) is 45.8. The molecule has 12 aliphatic rings. The van der Waals surface area contributed by atoms with E-state index in [0.29, 0.717) is 54.7 Å². The average molecular weight is 1050 g/mol. The number of carbonyl (C=O) groups is 2. The van der Waals surface area contributed by atoms with Gasteiger partial charge in [0.2, 0.25) is 0 Å². The summed E-state index contributed by atoms with van der Waals surface area (Å²) >= 11 is 0. The zero-order valence-electron chi connectivity index (χ0n) is 45.8. The van der Waals surface area contributed by atoms with Crippen molar-refractivity contribution in [3.05, 3.63) is 118 Å². The van der Waals surface area contributed by atoms with Crippen molar-refractivity contribution < 1.29 is 48.2 Å². The fourth-order valence-corrected chi connectivity index (χ4v) is 17.7. The van der Waals surface area contributed by atoms with Gasteiger partial charge in [0.15, 0.2) is 58.3 Å². The Labute approximate surface area is 452 Å². The number of hydrogen-bond donors (Lipinski definition) is 3. The first-order valence-electron chi connectivity index (χ1n) is 28.3. The molecule has 6 heterocycles. The van der Waals surface area contributed by atoms with Gasteiger partial charge >= 0.3 is 0 Å². The second-order valence-corrected chi connectivity index (χ2v) is 24.5. The molecule has 0 radical (unpaired) electrons. The Morgan fingerprint density at radius 3 is 1.87 bits per heavy atom. The monoisotopic (exact) mass is 1050 g/mol. The van der Waals surface area contributed by atoms with Crippen LogP contribution in [0.3, 0.4) is 0 Å². The van der Waals surface area contributed by atoms with Crippen LogP contribution in [-0.2, 0) is 51.5 Å². The van der Waals surface area contributed by atoms with Gasteiger partial charge in [-0.2, -0.15) is 0 Å². The molecule has 6 aliphatic heterocycles. The molecule has 16 rings (SSSR count). The number of benzene rings is 4. The van der Waals surface area contributed by atoms with Crippen molar-refractivity contribution in [2.24, 2.45) is 17.6 Å². The number of piperidine rings is 3. The lowest BCUT2D eigenvalue weighted by Gasteiger charge is -2.62. The number of carbonyl (C=O) groups excluding carboxylic acids is 2. The fourth-order valence-electron chi connectivity index (χ4n) is 17.7. The normalized spacial score (nSPS) is 36.5. The summed E-state index contributed by atoms with van der Waals surface area (Å²) in [7, 11) is 11.5. The first kappa shape index (κ1) is 51.0. The van der Waals surface area contributed by atoms with Crippen molar-refractivity contribution in [1.82, 2.24) is 14.7 Å². The molecule has 0 amide bonds. The second kappa shape index (κ2) is 18.6. The van der Waals surface area contributed by atoms with Crippen LogP contribution in [0.4, 0.5) is 0 Å². The smallest absolute Gasteiger partial charge is 0.174 e. The van der Waals surface area contributed by atoms with Gasteiger partial charge in [-0.15, -0.1) is 0 Å². The first-order chi connectivity index (χ1) is 37.1. The molecule has 77 heavy (non-hydrogen) atoms. The molecule has 4 aromatic carbocycles. The molecule has 0 aromatic heterocycles. The molecular weight excluding hydrogens is 973 g/mol. The van der Waals surface area contributed by atoms with Crippen LogP contribution in [0.5, 0.6) is 34.5 Å². The van der Waals surface area contributed by atoms with E-state index < -0.39 is 23.2 Å². The molecule has 14 nitrogen and oxygen atoms in total. The van der Waals surface area contributed by atoms with Crippen molar-refractivity contribution in [3.63, 3.8) is 0 Å². The highest BCUT2D eigenvalue weighted by Gasteiger charge is 2.73. The quantitative estimate of drug-likeness (QED) is 0.198. The van der Waals surface area contributed by atoms with E-state index in [1.807, 2.05) is 49.4 Å². The number of aliphatic hydroxyl groups excluding tert-OH is 1. The van der Waals surface area contributed by atoms with Crippen molar-refractivity contribution in [3.8, 4) is 34.5 Å². The van der Waals surface area contributed by atoms with Crippen LogP contribution in [0.2, 0.25) is 0 Å². The van der Waals surface area contributed by atoms with Gasteiger partial charge in [-0.1, -0.05) is 60.7 Å². The summed E-state index contributed by atoms with van der Waals surface area (Å²) in [4.78, 5) is 32.5. The van der Waals surface area contributed by atoms with Gasteiger partial charge in [0.1, 0.15) is 12.2 Å². The topological polar surface area (TPSA) is 166 Å². The van der Waals surface area contributed by atoms with Crippen LogP contribution >= 0.6 is 0 Å². The van der Waals surface area contributed by atoms with E-state index in [2.05, 4.69) is 72.3 Å². The molecule has 14 heteroatoms. The summed E-state index contributed by atoms with van der Waals surface area (Å²) in [6.07, 6.45) is 11.9. The van der Waals surface area contributed by atoms with Crippen molar-refractivity contribution in [2.75, 3.05) is 62.1 Å². The summed E-state index contributed by atoms with van der Waals surface area (Å²) in [6.45, 7) is 4.99. The highest BCUT2D eigenvalue weighted by Crippen LogP contribution is 2.67. The average Bonchev–Trinajstić information content (AvgIpc) is 3.71. The van der Waals surface area contributed by atoms with Gasteiger partial charge in [-0.3, -0.25) is 9.59 Å². The lowest BCUT2D eigenvalue weighted by atomic mass is 9.49. The minimum Gasteiger partial charge on any atom is -0.493 e. The number of hydrogen-bond acceptors (Lipinski definition) is 14. The summed E-state index contributed by atoms with van der Waals surface area (Å²) in [5.74, 6) is 6.02. The molecule has 3 spiro atoms. The lowest BCUT2D eigenvalue weighted by Crippen LogP contribution is -2.76. The number of nitrogens with zero attached hydrogens (tertiary/aromatic N) is 3. The minimum atomic E-state index is -0.900. The van der Waals surface area contributed by atoms with Gasteiger partial charge in [0, 0.05) is 70.4 Å². The molecule has 4 N–H and O–H groups in total. The van der Waals surface area contributed by atoms with Crippen LogP contribution < -0.4 is 34.2 Å². The van der Waals surface area contributed by atoms with Gasteiger partial charge in [0.05, 0.1) is 32.3 Å². The molecule has 5 fully saturated rings. The number of nitrogens with two attached hydrogens (primary N) is 1. The number of ether oxygens (including phenoxy) is 6. The Kier molecular flexibility index (Phi) is 12.3. The van der Waals surface area contributed by atoms with Gasteiger partial charge in [-0.05, 0) is 152 Å². The summed E-state index contributed by atoms with van der Waals surface area (Å²) in [5.41, 5.74) is 12.9. The minimum absolute atomic E-state index is 0.0438. The Bertz CT molecular complexity index is 3040. The molecule has 2 saturated carbocycles. The molecule has 4 aromatic rings. The predicted molar refractivity (Wildman–Crippen MR) is 291 cm³/mol. The largest absolute Gasteiger partial charge is 0.493 e. The Hall–Kier alpha value is -5.48. The molecule has 408 valence electrons. The molecule has 6 bridgehead atoms. The molecule has 6 aliphatic carbocycles. The zero-order chi connectivity index (χ0) is 53.5. The van der Waals surface area contributed by atoms with Crippen LogP contribution in [-0.4, -0.2) is 153 Å². The molecule has 14 atom stereocenters. The van der Waals surface area contributed by atoms with Crippen LogP contribution in [0.1, 0.15) is 90.8 Å². The second-order valence-electron chi connectivity index (χ2n) is 24.5. The number of ketones is 2. The molecular formula is C63H76N4O10. The third-order valence-corrected chi connectivity index (χ3v) is 21.1. The van der Waals surface area contributed by atoms with Crippen molar-refractivity contribution >= 4 is 11.6 Å². The van der Waals surface area contributed by atoms with Crippen LogP contribution in [0.15, 0.2) is 78.9 Å². The van der Waals surface area contributed by atoms with E-state index >= 15 is 0 Å². The maximum Gasteiger partial charge on any atom is 0.174 e. The first-order valence-corrected chi connectivity index (χ1v) is 28.3. The van der Waals surface area contributed by atoms with E-state index in [4.69, 9.17) is 34.2 Å². The molecule has 3 saturated heterocycles. The summed E-state index contributed by atoms with van der Waals surface area (Å²) in [5, 5.41) is 22.3. The number of likely N-dealkylation sites (tertiary alicyclic amines) is 3. The van der Waals surface area contributed by atoms with Crippen LogP contribution in [0.25, 0.3) is 0 Å². The lowest BCUT2D eigenvalue weighted by molar-refractivity contribution is -0.185. The third kappa shape index (κ3) is 7.06. The number of rotatable bonds is 5. The van der Waals surface area contributed by atoms with Crippen molar-refractivity contribution in [2.45, 2.75) is 148 Å². The Balaban J connectivity index is 0.000000101. The van der Waals surface area contributed by atoms with E-state index in [9.17, 15) is 19.8 Å². The molecule has 1 unspecified atom stereocenters. The SMILES string of the molecule is CC(N)Cc1ccccc1.COc1ccc2c3c1O[C@H]1C(=O)CC[C@@]4(O)[C@@H](C2)N(C)CC[C@]314.COc1ccc2c3c1O[C@H]1C(=O)CC[C@H]4[C@@H](C2)N(C)CC[C@]314.COc1ccc2c3c1O[C@H]1[C@@H](O)C=C[C@H]4[C@@H](C2)N(C)CC[C@@]341. The van der Waals surface area contributed by atoms with E-state index in [1.54, 1.807) is 21.3 Å². The fraction of sp³-hybridized carbons (Fsp3) is 0.556. The summed E-state index contributed by atoms with van der Waals surface area (Å²) in [6, 6.07) is 24.0. The Morgan fingerprint density at radius 1 is 0.649 bits per heavy atom.